The molecule has 0 N–H and O–H groups in total. The Morgan fingerprint density at radius 3 is 2.26 bits per heavy atom. The van der Waals surface area contributed by atoms with Crippen molar-refractivity contribution in [1.82, 2.24) is 0 Å². The van der Waals surface area contributed by atoms with Crippen LogP contribution in [0.15, 0.2) is 59.8 Å². The second-order valence-electron chi connectivity index (χ2n) is 5.61. The summed E-state index contributed by atoms with van der Waals surface area (Å²) in [7, 11) is 1.51. The molecular weight excluding hydrogens is 365 g/mol. The summed E-state index contributed by atoms with van der Waals surface area (Å²) in [5, 5.41) is 14.3. The Morgan fingerprint density at radius 2 is 1.74 bits per heavy atom. The van der Waals surface area contributed by atoms with E-state index in [2.05, 4.69) is 5.16 Å². The van der Waals surface area contributed by atoms with Crippen molar-refractivity contribution in [3.05, 3.63) is 75.8 Å². The Hall–Kier alpha value is -3.10. The number of benzene rings is 2. The number of rotatable bonds is 8. The van der Waals surface area contributed by atoms with Gasteiger partial charge >= 0.3 is 11.8 Å². The van der Waals surface area contributed by atoms with E-state index in [-0.39, 0.29) is 6.42 Å². The van der Waals surface area contributed by atoms with E-state index >= 15 is 0 Å². The Balaban J connectivity index is 2.24. The lowest BCUT2D eigenvalue weighted by Gasteiger charge is -2.29. The molecule has 0 bridgehead atoms. The lowest BCUT2D eigenvalue weighted by Crippen LogP contribution is -2.49. The van der Waals surface area contributed by atoms with E-state index in [1.54, 1.807) is 24.3 Å². The highest BCUT2D eigenvalue weighted by Crippen LogP contribution is 2.42. The van der Waals surface area contributed by atoms with Gasteiger partial charge in [-0.3, -0.25) is 10.1 Å². The van der Waals surface area contributed by atoms with Gasteiger partial charge in [0.25, 0.3) is 6.54 Å². The molecule has 0 fully saturated rings. The first-order valence-corrected chi connectivity index (χ1v) is 7.85. The molecule has 27 heavy (non-hydrogen) atoms. The molecule has 0 aliphatic heterocycles. The van der Waals surface area contributed by atoms with Crippen molar-refractivity contribution in [3.8, 4) is 5.75 Å². The fourth-order valence-electron chi connectivity index (χ4n) is 2.40. The summed E-state index contributed by atoms with van der Waals surface area (Å²) in [6.45, 7) is -1.50. The topological polar surface area (TPSA) is 74.0 Å². The number of halogens is 3. The SMILES string of the molecule is COc1ccc(C/C=N/O[C@](C[N+](=O)[O-])(c2ccccc2)C(F)(F)F)cc1. The average molecular weight is 382 g/mol. The smallest absolute Gasteiger partial charge is 0.442 e. The Morgan fingerprint density at radius 1 is 1.11 bits per heavy atom. The first-order valence-electron chi connectivity index (χ1n) is 7.85. The minimum absolute atomic E-state index is 0.186. The fraction of sp³-hybridized carbons (Fsp3) is 0.278. The van der Waals surface area contributed by atoms with E-state index in [0.717, 1.165) is 23.9 Å². The van der Waals surface area contributed by atoms with Gasteiger partial charge in [0.1, 0.15) is 5.75 Å². The van der Waals surface area contributed by atoms with Gasteiger partial charge < -0.3 is 9.57 Å². The molecular formula is C18H17F3N2O4. The van der Waals surface area contributed by atoms with Crippen molar-refractivity contribution >= 4 is 6.21 Å². The van der Waals surface area contributed by atoms with Crippen molar-refractivity contribution in [2.24, 2.45) is 5.16 Å². The van der Waals surface area contributed by atoms with Crippen molar-refractivity contribution in [1.29, 1.82) is 0 Å². The normalized spacial score (nSPS) is 13.9. The van der Waals surface area contributed by atoms with Crippen molar-refractivity contribution < 1.29 is 27.7 Å². The van der Waals surface area contributed by atoms with Crippen LogP contribution in [0.3, 0.4) is 0 Å². The van der Waals surface area contributed by atoms with E-state index in [9.17, 15) is 23.3 Å². The van der Waals surface area contributed by atoms with Crippen molar-refractivity contribution in [2.75, 3.05) is 13.7 Å². The first-order chi connectivity index (χ1) is 12.8. The molecule has 9 heteroatoms. The standard InChI is InChI=1S/C18H17F3N2O4/c1-26-16-9-7-14(8-10-16)11-12-22-27-17(13-23(24)25,18(19,20)21)15-5-3-2-4-6-15/h2-10,12H,11,13H2,1H3/b22-12+/t17-/m1/s1. The molecule has 1 atom stereocenters. The largest absolute Gasteiger partial charge is 0.497 e. The molecule has 2 aromatic rings. The third kappa shape index (κ3) is 4.96. The van der Waals surface area contributed by atoms with Crippen LogP contribution in [-0.2, 0) is 16.9 Å². The molecule has 0 heterocycles. The summed E-state index contributed by atoms with van der Waals surface area (Å²) in [6.07, 6.45) is -3.73. The van der Waals surface area contributed by atoms with Crippen molar-refractivity contribution in [3.63, 3.8) is 0 Å². The molecule has 0 radical (unpaired) electrons. The molecule has 0 saturated carbocycles. The fourth-order valence-corrected chi connectivity index (χ4v) is 2.40. The maximum absolute atomic E-state index is 13.7. The summed E-state index contributed by atoms with van der Waals surface area (Å²) in [4.78, 5) is 14.6. The summed E-state index contributed by atoms with van der Waals surface area (Å²) in [6, 6.07) is 13.3. The average Bonchev–Trinajstić information content (AvgIpc) is 2.64. The second kappa shape index (κ2) is 8.52. The van der Waals surface area contributed by atoms with Gasteiger partial charge in [0.15, 0.2) is 0 Å². The van der Waals surface area contributed by atoms with Gasteiger partial charge in [0.2, 0.25) is 0 Å². The minimum atomic E-state index is -5.04. The Bertz CT molecular complexity index is 779. The van der Waals surface area contributed by atoms with Gasteiger partial charge in [-0.2, -0.15) is 13.2 Å². The van der Waals surface area contributed by atoms with Crippen molar-refractivity contribution in [2.45, 2.75) is 18.2 Å². The van der Waals surface area contributed by atoms with E-state index < -0.39 is 28.8 Å². The highest BCUT2D eigenvalue weighted by atomic mass is 19.4. The number of nitro groups is 1. The predicted octanol–water partition coefficient (Wildman–Crippen LogP) is 3.97. The molecule has 6 nitrogen and oxygen atoms in total. The lowest BCUT2D eigenvalue weighted by atomic mass is 9.93. The maximum Gasteiger partial charge on any atom is 0.442 e. The van der Waals surface area contributed by atoms with E-state index in [4.69, 9.17) is 9.57 Å². The second-order valence-corrected chi connectivity index (χ2v) is 5.61. The number of alkyl halides is 3. The van der Waals surface area contributed by atoms with Crippen LogP contribution in [0.25, 0.3) is 0 Å². The lowest BCUT2D eigenvalue weighted by molar-refractivity contribution is -0.522. The number of hydrogen-bond donors (Lipinski definition) is 0. The summed E-state index contributed by atoms with van der Waals surface area (Å²) in [5.41, 5.74) is -2.81. The predicted molar refractivity (Wildman–Crippen MR) is 92.3 cm³/mol. The van der Waals surface area contributed by atoms with Crippen LogP contribution >= 0.6 is 0 Å². The summed E-state index contributed by atoms with van der Waals surface area (Å²) in [5.74, 6) is 0.637. The highest BCUT2D eigenvalue weighted by molar-refractivity contribution is 5.60. The van der Waals surface area contributed by atoms with Gasteiger partial charge in [-0.1, -0.05) is 47.6 Å². The summed E-state index contributed by atoms with van der Waals surface area (Å²) < 4.78 is 46.2. The monoisotopic (exact) mass is 382 g/mol. The van der Waals surface area contributed by atoms with E-state index in [0.29, 0.717) is 5.75 Å². The van der Waals surface area contributed by atoms with Gasteiger partial charge in [0.05, 0.1) is 7.11 Å². The molecule has 0 unspecified atom stereocenters. The number of nitrogens with zero attached hydrogens (tertiary/aromatic N) is 2. The van der Waals surface area contributed by atoms with E-state index in [1.807, 2.05) is 0 Å². The third-order valence-electron chi connectivity index (χ3n) is 3.82. The molecule has 2 aromatic carbocycles. The number of ether oxygens (including phenoxy) is 1. The van der Waals surface area contributed by atoms with Crippen LogP contribution in [0, 0.1) is 10.1 Å². The van der Waals surface area contributed by atoms with Gasteiger partial charge in [0, 0.05) is 23.1 Å². The molecule has 0 spiro atoms. The Kier molecular flexibility index (Phi) is 6.38. The molecule has 2 rings (SSSR count). The first kappa shape index (κ1) is 20.2. The highest BCUT2D eigenvalue weighted by Gasteiger charge is 2.63. The number of hydrogen-bond acceptors (Lipinski definition) is 5. The maximum atomic E-state index is 13.7. The van der Waals surface area contributed by atoms with Crippen LogP contribution in [0.1, 0.15) is 11.1 Å². The van der Waals surface area contributed by atoms with Gasteiger partial charge in [-0.15, -0.1) is 0 Å². The van der Waals surface area contributed by atoms with Crippen LogP contribution in [0.2, 0.25) is 0 Å². The zero-order valence-electron chi connectivity index (χ0n) is 14.3. The molecule has 0 amide bonds. The molecule has 144 valence electrons. The summed E-state index contributed by atoms with van der Waals surface area (Å²) >= 11 is 0. The molecule has 0 aliphatic rings. The minimum Gasteiger partial charge on any atom is -0.497 e. The van der Waals surface area contributed by atoms with Crippen LogP contribution in [0.5, 0.6) is 5.75 Å². The Labute approximate surface area is 153 Å². The zero-order valence-corrected chi connectivity index (χ0v) is 14.3. The third-order valence-corrected chi connectivity index (χ3v) is 3.82. The molecule has 0 saturated heterocycles. The quantitative estimate of drug-likeness (QED) is 0.393. The van der Waals surface area contributed by atoms with Gasteiger partial charge in [-0.25, -0.2) is 0 Å². The molecule has 0 aromatic heterocycles. The van der Waals surface area contributed by atoms with Crippen LogP contribution in [0.4, 0.5) is 13.2 Å². The zero-order chi connectivity index (χ0) is 19.9. The molecule has 0 aliphatic carbocycles. The van der Waals surface area contributed by atoms with Crippen LogP contribution in [-0.4, -0.2) is 31.0 Å². The van der Waals surface area contributed by atoms with Gasteiger partial charge in [-0.05, 0) is 17.7 Å². The van der Waals surface area contributed by atoms with E-state index in [1.165, 1.54) is 25.3 Å². The van der Waals surface area contributed by atoms with Crippen LogP contribution < -0.4 is 4.74 Å². The number of oxime groups is 1. The number of methoxy groups -OCH3 is 1.